The maximum atomic E-state index is 12.8. The molecule has 0 saturated carbocycles. The SMILES string of the molecule is COc1ccc(/C=C/C=C/C(CC(=O)c2ccccc2)c2ccc(OC)cc2)cc1. The van der Waals surface area contributed by atoms with Gasteiger partial charge in [0, 0.05) is 17.9 Å². The van der Waals surface area contributed by atoms with Gasteiger partial charge in [-0.1, -0.05) is 78.9 Å². The summed E-state index contributed by atoms with van der Waals surface area (Å²) in [4.78, 5) is 12.8. The van der Waals surface area contributed by atoms with Crippen molar-refractivity contribution in [2.45, 2.75) is 12.3 Å². The first-order valence-corrected chi connectivity index (χ1v) is 9.90. The van der Waals surface area contributed by atoms with Crippen molar-refractivity contribution in [3.63, 3.8) is 0 Å². The molecule has 0 aromatic heterocycles. The molecule has 0 aliphatic carbocycles. The van der Waals surface area contributed by atoms with Crippen LogP contribution in [-0.2, 0) is 0 Å². The molecular formula is C27H26O3. The highest BCUT2D eigenvalue weighted by Crippen LogP contribution is 2.26. The standard InChI is InChI=1S/C27H26O3/c1-29-25-16-12-21(13-17-25)8-6-7-11-24(22-14-18-26(30-2)19-15-22)20-27(28)23-9-4-3-5-10-23/h3-19,24H,20H2,1-2H3/b8-6+,11-7+. The zero-order chi connectivity index (χ0) is 21.2. The minimum atomic E-state index is -0.0240. The van der Waals surface area contributed by atoms with Gasteiger partial charge in [0.2, 0.25) is 0 Å². The molecule has 152 valence electrons. The van der Waals surface area contributed by atoms with Crippen molar-refractivity contribution in [2.24, 2.45) is 0 Å². The summed E-state index contributed by atoms with van der Waals surface area (Å²) in [5.74, 6) is 1.74. The average molecular weight is 399 g/mol. The van der Waals surface area contributed by atoms with E-state index < -0.39 is 0 Å². The number of allylic oxidation sites excluding steroid dienone is 3. The van der Waals surface area contributed by atoms with Crippen molar-refractivity contribution in [3.05, 3.63) is 114 Å². The van der Waals surface area contributed by atoms with E-state index in [2.05, 4.69) is 6.08 Å². The molecule has 0 fully saturated rings. The molecule has 0 N–H and O–H groups in total. The van der Waals surface area contributed by atoms with Crippen LogP contribution in [0.3, 0.4) is 0 Å². The zero-order valence-corrected chi connectivity index (χ0v) is 17.3. The molecule has 0 saturated heterocycles. The first kappa shape index (κ1) is 21.1. The summed E-state index contributed by atoms with van der Waals surface area (Å²) in [6.45, 7) is 0. The maximum absolute atomic E-state index is 12.8. The number of benzene rings is 3. The Balaban J connectivity index is 1.76. The van der Waals surface area contributed by atoms with Crippen LogP contribution in [0.1, 0.15) is 33.8 Å². The molecule has 3 aromatic rings. The molecule has 3 heteroatoms. The Labute approximate surface area is 178 Å². The van der Waals surface area contributed by atoms with Gasteiger partial charge in [-0.3, -0.25) is 4.79 Å². The van der Waals surface area contributed by atoms with E-state index in [-0.39, 0.29) is 11.7 Å². The molecule has 0 spiro atoms. The van der Waals surface area contributed by atoms with Crippen molar-refractivity contribution in [1.82, 2.24) is 0 Å². The number of carbonyl (C=O) groups excluding carboxylic acids is 1. The molecule has 30 heavy (non-hydrogen) atoms. The molecular weight excluding hydrogens is 372 g/mol. The highest BCUT2D eigenvalue weighted by Gasteiger charge is 2.15. The van der Waals surface area contributed by atoms with Crippen molar-refractivity contribution >= 4 is 11.9 Å². The monoisotopic (exact) mass is 398 g/mol. The first-order valence-electron chi connectivity index (χ1n) is 9.90. The molecule has 0 aliphatic rings. The Morgan fingerprint density at radius 2 is 1.40 bits per heavy atom. The number of ketones is 1. The Morgan fingerprint density at radius 1 is 0.800 bits per heavy atom. The summed E-state index contributed by atoms with van der Waals surface area (Å²) >= 11 is 0. The molecule has 3 aromatic carbocycles. The molecule has 0 bridgehead atoms. The van der Waals surface area contributed by atoms with Gasteiger partial charge < -0.3 is 9.47 Å². The lowest BCUT2D eigenvalue weighted by molar-refractivity contribution is 0.0978. The van der Waals surface area contributed by atoms with Gasteiger partial charge in [0.05, 0.1) is 14.2 Å². The largest absolute Gasteiger partial charge is 0.497 e. The van der Waals surface area contributed by atoms with E-state index in [1.807, 2.05) is 97.1 Å². The van der Waals surface area contributed by atoms with Crippen molar-refractivity contribution < 1.29 is 14.3 Å². The molecule has 1 atom stereocenters. The number of Topliss-reactive ketones (excluding diaryl/α,β-unsaturated/α-hetero) is 1. The fraction of sp³-hybridized carbons (Fsp3) is 0.148. The fourth-order valence-corrected chi connectivity index (χ4v) is 3.17. The quantitative estimate of drug-likeness (QED) is 0.312. The highest BCUT2D eigenvalue weighted by atomic mass is 16.5. The zero-order valence-electron chi connectivity index (χ0n) is 17.3. The summed E-state index contributed by atoms with van der Waals surface area (Å²) in [5, 5.41) is 0. The van der Waals surface area contributed by atoms with Gasteiger partial charge in [0.1, 0.15) is 11.5 Å². The topological polar surface area (TPSA) is 35.5 Å². The number of hydrogen-bond acceptors (Lipinski definition) is 3. The Kier molecular flexibility index (Phi) is 7.62. The summed E-state index contributed by atoms with van der Waals surface area (Å²) in [6.07, 6.45) is 8.49. The first-order chi connectivity index (χ1) is 14.7. The number of hydrogen-bond donors (Lipinski definition) is 0. The third-order valence-corrected chi connectivity index (χ3v) is 4.90. The van der Waals surface area contributed by atoms with Crippen LogP contribution in [-0.4, -0.2) is 20.0 Å². The molecule has 1 unspecified atom stereocenters. The van der Waals surface area contributed by atoms with Crippen LogP contribution < -0.4 is 9.47 Å². The van der Waals surface area contributed by atoms with E-state index in [0.717, 1.165) is 28.2 Å². The van der Waals surface area contributed by atoms with E-state index in [1.165, 1.54) is 0 Å². The van der Waals surface area contributed by atoms with Gasteiger partial charge in [-0.15, -0.1) is 0 Å². The third kappa shape index (κ3) is 5.95. The minimum Gasteiger partial charge on any atom is -0.497 e. The number of methoxy groups -OCH3 is 2. The van der Waals surface area contributed by atoms with Gasteiger partial charge >= 0.3 is 0 Å². The second kappa shape index (κ2) is 10.8. The summed E-state index contributed by atoms with van der Waals surface area (Å²) in [5.41, 5.74) is 2.90. The van der Waals surface area contributed by atoms with Gasteiger partial charge in [-0.05, 0) is 35.4 Å². The van der Waals surface area contributed by atoms with Crippen LogP contribution in [0.15, 0.2) is 97.1 Å². The summed E-state index contributed by atoms with van der Waals surface area (Å²) < 4.78 is 10.4. The molecule has 3 nitrogen and oxygen atoms in total. The van der Waals surface area contributed by atoms with Crippen molar-refractivity contribution in [1.29, 1.82) is 0 Å². The normalized spacial score (nSPS) is 12.2. The minimum absolute atomic E-state index is 0.0240. The van der Waals surface area contributed by atoms with Gasteiger partial charge in [-0.25, -0.2) is 0 Å². The summed E-state index contributed by atoms with van der Waals surface area (Å²) in [6, 6.07) is 25.2. The molecule has 0 aliphatic heterocycles. The molecule has 0 heterocycles. The Bertz CT molecular complexity index is 985. The predicted octanol–water partition coefficient (Wildman–Crippen LogP) is 6.33. The van der Waals surface area contributed by atoms with E-state index in [0.29, 0.717) is 6.42 Å². The lowest BCUT2D eigenvalue weighted by Gasteiger charge is -2.13. The number of ether oxygens (including phenoxy) is 2. The van der Waals surface area contributed by atoms with Crippen LogP contribution in [0.4, 0.5) is 0 Å². The lowest BCUT2D eigenvalue weighted by Crippen LogP contribution is -2.06. The molecule has 3 rings (SSSR count). The fourth-order valence-electron chi connectivity index (χ4n) is 3.17. The van der Waals surface area contributed by atoms with E-state index >= 15 is 0 Å². The van der Waals surface area contributed by atoms with Crippen molar-refractivity contribution in [3.8, 4) is 11.5 Å². The van der Waals surface area contributed by atoms with Crippen LogP contribution in [0.25, 0.3) is 6.08 Å². The van der Waals surface area contributed by atoms with Crippen LogP contribution >= 0.6 is 0 Å². The van der Waals surface area contributed by atoms with Crippen molar-refractivity contribution in [2.75, 3.05) is 14.2 Å². The predicted molar refractivity (Wildman–Crippen MR) is 122 cm³/mol. The number of carbonyl (C=O) groups is 1. The average Bonchev–Trinajstić information content (AvgIpc) is 2.82. The van der Waals surface area contributed by atoms with Gasteiger partial charge in [0.15, 0.2) is 5.78 Å². The molecule has 0 amide bonds. The second-order valence-electron chi connectivity index (χ2n) is 6.89. The number of rotatable bonds is 9. The van der Waals surface area contributed by atoms with E-state index in [4.69, 9.17) is 9.47 Å². The van der Waals surface area contributed by atoms with E-state index in [9.17, 15) is 4.79 Å². The van der Waals surface area contributed by atoms with E-state index in [1.54, 1.807) is 14.2 Å². The maximum Gasteiger partial charge on any atom is 0.163 e. The smallest absolute Gasteiger partial charge is 0.163 e. The third-order valence-electron chi connectivity index (χ3n) is 4.90. The van der Waals surface area contributed by atoms with Gasteiger partial charge in [-0.2, -0.15) is 0 Å². The van der Waals surface area contributed by atoms with Crippen LogP contribution in [0.2, 0.25) is 0 Å². The van der Waals surface area contributed by atoms with Gasteiger partial charge in [0.25, 0.3) is 0 Å². The lowest BCUT2D eigenvalue weighted by atomic mass is 9.91. The highest BCUT2D eigenvalue weighted by molar-refractivity contribution is 5.96. The second-order valence-corrected chi connectivity index (χ2v) is 6.89. The summed E-state index contributed by atoms with van der Waals surface area (Å²) in [7, 11) is 3.30. The molecule has 0 radical (unpaired) electrons. The Hall–Kier alpha value is -3.59. The van der Waals surface area contributed by atoms with Crippen LogP contribution in [0.5, 0.6) is 11.5 Å². The van der Waals surface area contributed by atoms with Crippen LogP contribution in [0, 0.1) is 0 Å². The Morgan fingerprint density at radius 3 is 2.00 bits per heavy atom.